The maximum absolute atomic E-state index is 16.0. The number of alkyl halides is 2. The van der Waals surface area contributed by atoms with E-state index < -0.39 is 59.3 Å². The van der Waals surface area contributed by atoms with Crippen LogP contribution < -0.4 is 21.3 Å². The van der Waals surface area contributed by atoms with Crippen LogP contribution in [0.4, 0.5) is 13.6 Å². The number of ketones is 1. The average Bonchev–Trinajstić information content (AvgIpc) is 3.42. The molecule has 0 radical (unpaired) electrons. The highest BCUT2D eigenvalue weighted by molar-refractivity contribution is 6.38. The van der Waals surface area contributed by atoms with Crippen LogP contribution in [-0.4, -0.2) is 54.8 Å². The Hall–Kier alpha value is -4.06. The van der Waals surface area contributed by atoms with Crippen molar-refractivity contribution in [3.63, 3.8) is 0 Å². The van der Waals surface area contributed by atoms with E-state index in [-0.39, 0.29) is 41.3 Å². The number of Topliss-reactive ketones (excluding diaryl/α,β-unsaturated/α-hetero) is 1. The average molecular weight is 661 g/mol. The fourth-order valence-corrected chi connectivity index (χ4v) is 6.05. The molecule has 2 fully saturated rings. The van der Waals surface area contributed by atoms with Gasteiger partial charge in [-0.1, -0.05) is 67.4 Å². The highest BCUT2D eigenvalue weighted by Gasteiger charge is 2.46. The first-order valence-electron chi connectivity index (χ1n) is 15.4. The van der Waals surface area contributed by atoms with Crippen LogP contribution >= 0.6 is 11.6 Å². The summed E-state index contributed by atoms with van der Waals surface area (Å²) < 4.78 is 37.3. The molecule has 0 spiro atoms. The Morgan fingerprint density at radius 1 is 1.07 bits per heavy atom. The van der Waals surface area contributed by atoms with Crippen molar-refractivity contribution in [1.82, 2.24) is 21.3 Å². The maximum Gasteiger partial charge on any atom is 0.408 e. The molecule has 1 heterocycles. The molecule has 46 heavy (non-hydrogen) atoms. The molecular weight excluding hydrogens is 622 g/mol. The van der Waals surface area contributed by atoms with Gasteiger partial charge in [-0.05, 0) is 62.1 Å². The van der Waals surface area contributed by atoms with E-state index in [2.05, 4.69) is 21.3 Å². The minimum absolute atomic E-state index is 0.0111. The Bertz CT molecular complexity index is 1440. The number of halogens is 3. The Morgan fingerprint density at radius 2 is 1.78 bits per heavy atom. The zero-order chi connectivity index (χ0) is 33.5. The molecule has 2 unspecified atom stereocenters. The molecule has 4 atom stereocenters. The molecule has 4 amide bonds. The molecular formula is C33H39ClF2N4O6. The second kappa shape index (κ2) is 15.0. The van der Waals surface area contributed by atoms with Gasteiger partial charge in [0, 0.05) is 29.6 Å². The summed E-state index contributed by atoms with van der Waals surface area (Å²) in [6.45, 7) is 4.14. The van der Waals surface area contributed by atoms with Crippen molar-refractivity contribution in [2.45, 2.75) is 76.5 Å². The minimum atomic E-state index is -3.71. The molecule has 1 saturated heterocycles. The molecule has 4 rings (SSSR count). The molecule has 10 nitrogen and oxygen atoms in total. The first-order chi connectivity index (χ1) is 21.8. The van der Waals surface area contributed by atoms with Crippen LogP contribution in [-0.2, 0) is 29.8 Å². The molecule has 4 N–H and O–H groups in total. The molecule has 0 aromatic heterocycles. The molecule has 0 bridgehead atoms. The van der Waals surface area contributed by atoms with E-state index in [4.69, 9.17) is 16.3 Å². The predicted octanol–water partition coefficient (Wildman–Crippen LogP) is 4.56. The van der Waals surface area contributed by atoms with E-state index in [9.17, 15) is 24.0 Å². The molecule has 2 aliphatic rings. The van der Waals surface area contributed by atoms with Crippen molar-refractivity contribution in [2.75, 3.05) is 13.1 Å². The van der Waals surface area contributed by atoms with Gasteiger partial charge in [0.15, 0.2) is 6.10 Å². The van der Waals surface area contributed by atoms with Crippen LogP contribution in [0.5, 0.6) is 0 Å². The summed E-state index contributed by atoms with van der Waals surface area (Å²) in [5, 5.41) is 10.2. The summed E-state index contributed by atoms with van der Waals surface area (Å²) in [6, 6.07) is 9.90. The van der Waals surface area contributed by atoms with Crippen LogP contribution in [0.2, 0.25) is 5.02 Å². The Kier molecular flexibility index (Phi) is 11.4. The standard InChI is InChI=1S/C33H39ClF2N4O6/c1-3-37-30(44)26(41)24(17-21-13-16-38-28(21)42)39-29(43)25(19-32(2)14-8-15-32)40-31(45)46-27(20-9-5-4-6-10-20)33(35,36)22-11-7-12-23(34)18-22/h4-7,9-12,18,21,24-25,27H,3,8,13-17,19H2,1-2H3,(H,37,44)(H,38,42)(H,39,43)(H,40,45)/t21-,24-,25?,27?/m0/s1. The fourth-order valence-electron chi connectivity index (χ4n) is 5.86. The maximum atomic E-state index is 16.0. The lowest BCUT2D eigenvalue weighted by atomic mass is 9.67. The first kappa shape index (κ1) is 34.8. The van der Waals surface area contributed by atoms with Crippen molar-refractivity contribution in [3.8, 4) is 0 Å². The van der Waals surface area contributed by atoms with Crippen molar-refractivity contribution in [2.24, 2.45) is 11.3 Å². The number of carbonyl (C=O) groups excluding carboxylic acids is 5. The quantitative estimate of drug-likeness (QED) is 0.219. The van der Waals surface area contributed by atoms with Crippen LogP contribution in [0.1, 0.15) is 69.6 Å². The lowest BCUT2D eigenvalue weighted by Crippen LogP contribution is -2.56. The number of alkyl carbamates (subject to hydrolysis) is 1. The number of carbonyl (C=O) groups is 5. The number of rotatable bonds is 14. The van der Waals surface area contributed by atoms with E-state index in [1.165, 1.54) is 42.5 Å². The van der Waals surface area contributed by atoms with Crippen LogP contribution in [0.3, 0.4) is 0 Å². The molecule has 13 heteroatoms. The zero-order valence-corrected chi connectivity index (χ0v) is 26.5. The summed E-state index contributed by atoms with van der Waals surface area (Å²) in [4.78, 5) is 64.9. The molecule has 1 saturated carbocycles. The summed E-state index contributed by atoms with van der Waals surface area (Å²) in [6.07, 6.45) is -0.505. The number of nitrogens with one attached hydrogen (secondary N) is 4. The smallest absolute Gasteiger partial charge is 0.408 e. The van der Waals surface area contributed by atoms with Gasteiger partial charge in [0.1, 0.15) is 6.04 Å². The number of amides is 4. The third kappa shape index (κ3) is 8.60. The van der Waals surface area contributed by atoms with Gasteiger partial charge < -0.3 is 26.0 Å². The zero-order valence-electron chi connectivity index (χ0n) is 25.7. The van der Waals surface area contributed by atoms with Gasteiger partial charge in [0.25, 0.3) is 5.91 Å². The van der Waals surface area contributed by atoms with E-state index in [1.54, 1.807) is 13.0 Å². The molecule has 1 aliphatic carbocycles. The van der Waals surface area contributed by atoms with E-state index in [1.807, 2.05) is 6.92 Å². The molecule has 248 valence electrons. The number of hydrogen-bond acceptors (Lipinski definition) is 6. The van der Waals surface area contributed by atoms with E-state index in [0.29, 0.717) is 13.0 Å². The number of hydrogen-bond donors (Lipinski definition) is 4. The summed E-state index contributed by atoms with van der Waals surface area (Å²) in [5.41, 5.74) is -0.805. The normalized spacial score (nSPS) is 19.1. The van der Waals surface area contributed by atoms with E-state index >= 15 is 8.78 Å². The predicted molar refractivity (Wildman–Crippen MR) is 166 cm³/mol. The topological polar surface area (TPSA) is 143 Å². The van der Waals surface area contributed by atoms with Crippen LogP contribution in [0.15, 0.2) is 54.6 Å². The fraction of sp³-hybridized carbons (Fsp3) is 0.485. The number of ether oxygens (including phenoxy) is 1. The van der Waals surface area contributed by atoms with Gasteiger partial charge >= 0.3 is 12.0 Å². The van der Waals surface area contributed by atoms with Crippen molar-refractivity contribution < 1.29 is 37.5 Å². The van der Waals surface area contributed by atoms with E-state index in [0.717, 1.165) is 25.3 Å². The van der Waals surface area contributed by atoms with Crippen molar-refractivity contribution in [3.05, 3.63) is 70.7 Å². The monoisotopic (exact) mass is 660 g/mol. The van der Waals surface area contributed by atoms with Crippen molar-refractivity contribution in [1.29, 1.82) is 0 Å². The second-order valence-electron chi connectivity index (χ2n) is 12.2. The van der Waals surface area contributed by atoms with Crippen LogP contribution in [0, 0.1) is 11.3 Å². The van der Waals surface area contributed by atoms with Gasteiger partial charge in [-0.15, -0.1) is 0 Å². The molecule has 1 aliphatic heterocycles. The van der Waals surface area contributed by atoms with Crippen LogP contribution in [0.25, 0.3) is 0 Å². The van der Waals surface area contributed by atoms with Gasteiger partial charge in [0.2, 0.25) is 17.6 Å². The number of benzene rings is 2. The van der Waals surface area contributed by atoms with Gasteiger partial charge in [-0.3, -0.25) is 19.2 Å². The minimum Gasteiger partial charge on any atom is -0.434 e. The highest BCUT2D eigenvalue weighted by Crippen LogP contribution is 2.45. The summed E-state index contributed by atoms with van der Waals surface area (Å²) in [5.74, 6) is -7.27. The Labute approximate surface area is 271 Å². The Morgan fingerprint density at radius 3 is 2.37 bits per heavy atom. The van der Waals surface area contributed by atoms with Gasteiger partial charge in [-0.2, -0.15) is 8.78 Å². The summed E-state index contributed by atoms with van der Waals surface area (Å²) in [7, 11) is 0. The van der Waals surface area contributed by atoms with Gasteiger partial charge in [0.05, 0.1) is 6.04 Å². The largest absolute Gasteiger partial charge is 0.434 e. The highest BCUT2D eigenvalue weighted by atomic mass is 35.5. The third-order valence-electron chi connectivity index (χ3n) is 8.61. The first-order valence-corrected chi connectivity index (χ1v) is 15.8. The Balaban J connectivity index is 1.58. The molecule has 2 aromatic carbocycles. The lowest BCUT2D eigenvalue weighted by Gasteiger charge is -2.41. The lowest BCUT2D eigenvalue weighted by molar-refractivity contribution is -0.141. The van der Waals surface area contributed by atoms with Gasteiger partial charge in [-0.25, -0.2) is 4.79 Å². The number of likely N-dealkylation sites (N-methyl/N-ethyl adjacent to an activating group) is 1. The molecule has 2 aromatic rings. The SMILES string of the molecule is CCNC(=O)C(=O)[C@H](C[C@@H]1CCNC1=O)NC(=O)C(CC1(C)CCC1)NC(=O)OC(c1ccccc1)C(F)(F)c1cccc(Cl)c1. The summed E-state index contributed by atoms with van der Waals surface area (Å²) >= 11 is 5.98. The third-order valence-corrected chi connectivity index (χ3v) is 8.84. The second-order valence-corrected chi connectivity index (χ2v) is 12.6. The van der Waals surface area contributed by atoms with Crippen molar-refractivity contribution >= 4 is 41.2 Å².